The molecule has 0 spiro atoms. The molecule has 0 heterocycles. The molecule has 0 saturated heterocycles. The minimum Gasteiger partial charge on any atom is -0.348 e. The minimum absolute atomic E-state index is 0.988. The van der Waals surface area contributed by atoms with Crippen molar-refractivity contribution in [2.75, 3.05) is 20.9 Å². The molecular weight excluding hydrogens is 143 g/mol. The van der Waals surface area contributed by atoms with Crippen molar-refractivity contribution in [2.45, 2.75) is 6.03 Å². The van der Waals surface area contributed by atoms with Gasteiger partial charge in [-0.25, -0.2) is 0 Å². The van der Waals surface area contributed by atoms with Crippen LogP contribution < -0.4 is 0 Å². The summed E-state index contributed by atoms with van der Waals surface area (Å²) in [7, 11) is -0.580. The molecule has 1 atom stereocenters. The molecule has 0 fully saturated rings. The number of hydrogen-bond acceptors (Lipinski definition) is 3. The average molecular weight is 154 g/mol. The second-order valence-electron chi connectivity index (χ2n) is 1.72. The summed E-state index contributed by atoms with van der Waals surface area (Å²) in [5.41, 5.74) is 0. The molecule has 0 amide bonds. The highest BCUT2D eigenvalue weighted by molar-refractivity contribution is 7.57. The van der Waals surface area contributed by atoms with Crippen LogP contribution in [-0.4, -0.2) is 31.8 Å². The molecule has 1 unspecified atom stereocenters. The Bertz CT molecular complexity index is 114. The second-order valence-corrected chi connectivity index (χ2v) is 4.03. The maximum absolute atomic E-state index is 10.7. The van der Waals surface area contributed by atoms with Gasteiger partial charge >= 0.3 is 0 Å². The van der Waals surface area contributed by atoms with Crippen LogP contribution in [0.15, 0.2) is 0 Å². The normalized spacial score (nSPS) is 17.9. The summed E-state index contributed by atoms with van der Waals surface area (Å²) in [4.78, 5) is 8.78. The monoisotopic (exact) mass is 154 g/mol. The third-order valence-corrected chi connectivity index (χ3v) is 2.00. The smallest absolute Gasteiger partial charge is 0.252 e. The van der Waals surface area contributed by atoms with E-state index in [0.717, 1.165) is 0 Å². The van der Waals surface area contributed by atoms with Gasteiger partial charge in [0.05, 0.1) is 0 Å². The van der Waals surface area contributed by atoms with Crippen molar-refractivity contribution in [2.24, 2.45) is 0 Å². The van der Waals surface area contributed by atoms with Gasteiger partial charge in [-0.05, 0) is 0 Å². The van der Waals surface area contributed by atoms with Crippen LogP contribution >= 0.6 is 7.37 Å². The van der Waals surface area contributed by atoms with Crippen molar-refractivity contribution in [3.8, 4) is 0 Å². The van der Waals surface area contributed by atoms with Gasteiger partial charge in [0.15, 0.2) is 0 Å². The van der Waals surface area contributed by atoms with Crippen molar-refractivity contribution < 1.29 is 18.9 Å². The van der Waals surface area contributed by atoms with E-state index >= 15 is 0 Å². The Morgan fingerprint density at radius 3 is 1.78 bits per heavy atom. The van der Waals surface area contributed by atoms with Gasteiger partial charge in [0.2, 0.25) is 6.03 Å². The van der Waals surface area contributed by atoms with Gasteiger partial charge in [0, 0.05) is 20.9 Å². The van der Waals surface area contributed by atoms with Crippen molar-refractivity contribution >= 4 is 7.37 Å². The number of methoxy groups -OCH3 is 2. The first-order chi connectivity index (χ1) is 4.02. The highest BCUT2D eigenvalue weighted by Crippen LogP contribution is 2.42. The maximum atomic E-state index is 10.7. The molecule has 9 heavy (non-hydrogen) atoms. The van der Waals surface area contributed by atoms with E-state index in [1.807, 2.05) is 0 Å². The zero-order valence-corrected chi connectivity index (χ0v) is 6.59. The highest BCUT2D eigenvalue weighted by Gasteiger charge is 2.24. The quantitative estimate of drug-likeness (QED) is 0.474. The molecule has 4 nitrogen and oxygen atoms in total. The maximum Gasteiger partial charge on any atom is 0.252 e. The van der Waals surface area contributed by atoms with Gasteiger partial charge in [-0.2, -0.15) is 0 Å². The van der Waals surface area contributed by atoms with Crippen LogP contribution in [0.25, 0.3) is 0 Å². The van der Waals surface area contributed by atoms with E-state index in [0.29, 0.717) is 0 Å². The molecule has 0 aromatic carbocycles. The van der Waals surface area contributed by atoms with E-state index < -0.39 is 13.4 Å². The second kappa shape index (κ2) is 3.32. The molecule has 5 heteroatoms. The Kier molecular flexibility index (Phi) is 3.36. The predicted octanol–water partition coefficient (Wildman–Crippen LogP) is 0.463. The molecular formula is C4H11O4P. The van der Waals surface area contributed by atoms with Gasteiger partial charge in [0.25, 0.3) is 7.37 Å². The summed E-state index contributed by atoms with van der Waals surface area (Å²) in [5, 5.41) is 0. The molecule has 56 valence electrons. The first-order valence-electron chi connectivity index (χ1n) is 2.38. The Labute approximate surface area is 54.2 Å². The molecule has 0 rings (SSSR count). The average Bonchev–Trinajstić information content (AvgIpc) is 1.65. The lowest BCUT2D eigenvalue weighted by molar-refractivity contribution is -0.0488. The fourth-order valence-electron chi connectivity index (χ4n) is 0.487. The van der Waals surface area contributed by atoms with E-state index in [4.69, 9.17) is 4.89 Å². The summed E-state index contributed by atoms with van der Waals surface area (Å²) >= 11 is 0. The highest BCUT2D eigenvalue weighted by atomic mass is 31.2. The lowest BCUT2D eigenvalue weighted by Gasteiger charge is -2.15. The van der Waals surface area contributed by atoms with Gasteiger partial charge in [-0.15, -0.1) is 0 Å². The van der Waals surface area contributed by atoms with Crippen molar-refractivity contribution in [1.29, 1.82) is 0 Å². The molecule has 0 radical (unpaired) electrons. The minimum atomic E-state index is -3.22. The Balaban J connectivity index is 3.96. The predicted molar refractivity (Wildman–Crippen MR) is 33.6 cm³/mol. The summed E-state index contributed by atoms with van der Waals surface area (Å²) in [6.07, 6.45) is 0. The van der Waals surface area contributed by atoms with Crippen LogP contribution in [-0.2, 0) is 14.0 Å². The first-order valence-corrected chi connectivity index (χ1v) is 4.55. The summed E-state index contributed by atoms with van der Waals surface area (Å²) < 4.78 is 19.7. The van der Waals surface area contributed by atoms with Crippen LogP contribution in [0, 0.1) is 0 Å². The Morgan fingerprint density at radius 1 is 1.44 bits per heavy atom. The van der Waals surface area contributed by atoms with E-state index in [-0.39, 0.29) is 0 Å². The van der Waals surface area contributed by atoms with Crippen LogP contribution in [0.4, 0.5) is 0 Å². The molecule has 0 bridgehead atoms. The summed E-state index contributed by atoms with van der Waals surface area (Å²) in [6.45, 7) is 1.19. The molecule has 0 saturated carbocycles. The summed E-state index contributed by atoms with van der Waals surface area (Å²) in [6, 6.07) is -0.988. The van der Waals surface area contributed by atoms with Crippen molar-refractivity contribution in [1.82, 2.24) is 0 Å². The standard InChI is InChI=1S/C4H11O4P/c1-7-4(8-2)9(3,5)6/h4H,1-3H3,(H,5,6). The third kappa shape index (κ3) is 2.96. The lowest BCUT2D eigenvalue weighted by atomic mass is 11.3. The SMILES string of the molecule is COC(OC)P(C)(=O)O. The third-order valence-electron chi connectivity index (χ3n) is 0.794. The Hall–Kier alpha value is 0.110. The first kappa shape index (κ1) is 9.11. The van der Waals surface area contributed by atoms with Gasteiger partial charge in [-0.3, -0.25) is 4.57 Å². The number of hydrogen-bond donors (Lipinski definition) is 1. The number of rotatable bonds is 3. The Morgan fingerprint density at radius 2 is 1.78 bits per heavy atom. The fraction of sp³-hybridized carbons (Fsp3) is 1.00. The van der Waals surface area contributed by atoms with Gasteiger partial charge < -0.3 is 14.4 Å². The van der Waals surface area contributed by atoms with E-state index in [2.05, 4.69) is 9.47 Å². The van der Waals surface area contributed by atoms with E-state index in [1.54, 1.807) is 0 Å². The topological polar surface area (TPSA) is 55.8 Å². The number of ether oxygens (including phenoxy) is 2. The molecule has 0 aliphatic rings. The van der Waals surface area contributed by atoms with Crippen LogP contribution in [0.1, 0.15) is 0 Å². The van der Waals surface area contributed by atoms with E-state index in [1.165, 1.54) is 20.9 Å². The van der Waals surface area contributed by atoms with Crippen molar-refractivity contribution in [3.63, 3.8) is 0 Å². The van der Waals surface area contributed by atoms with Gasteiger partial charge in [-0.1, -0.05) is 0 Å². The molecule has 0 aliphatic carbocycles. The van der Waals surface area contributed by atoms with E-state index in [9.17, 15) is 4.57 Å². The lowest BCUT2D eigenvalue weighted by Crippen LogP contribution is -2.12. The zero-order chi connectivity index (χ0) is 7.49. The van der Waals surface area contributed by atoms with Crippen LogP contribution in [0.5, 0.6) is 0 Å². The molecule has 0 aromatic rings. The largest absolute Gasteiger partial charge is 0.348 e. The van der Waals surface area contributed by atoms with Crippen LogP contribution in [0.2, 0.25) is 0 Å². The fourth-order valence-corrected chi connectivity index (χ4v) is 1.27. The van der Waals surface area contributed by atoms with Crippen molar-refractivity contribution in [3.05, 3.63) is 0 Å². The zero-order valence-electron chi connectivity index (χ0n) is 5.70. The van der Waals surface area contributed by atoms with Crippen LogP contribution in [0.3, 0.4) is 0 Å². The molecule has 0 aromatic heterocycles. The molecule has 1 N–H and O–H groups in total. The molecule has 0 aliphatic heterocycles. The summed E-state index contributed by atoms with van der Waals surface area (Å²) in [5.74, 6) is 0. The van der Waals surface area contributed by atoms with Gasteiger partial charge in [0.1, 0.15) is 0 Å².